The third-order valence-electron chi connectivity index (χ3n) is 3.94. The molecule has 1 N–H and O–H groups in total. The number of benzene rings is 1. The SMILES string of the molecule is c1cc2c(cc1NCC1CCCCCC1)OCO2. The summed E-state index contributed by atoms with van der Waals surface area (Å²) in [5.41, 5.74) is 1.14. The first-order valence-electron chi connectivity index (χ1n) is 7.05. The summed E-state index contributed by atoms with van der Waals surface area (Å²) in [6.45, 7) is 1.43. The van der Waals surface area contributed by atoms with Crippen molar-refractivity contribution >= 4 is 5.69 Å². The molecule has 3 heteroatoms. The zero-order chi connectivity index (χ0) is 12.2. The summed E-state index contributed by atoms with van der Waals surface area (Å²) in [7, 11) is 0. The molecular formula is C15H21NO2. The number of fused-ring (bicyclic) bond motifs is 1. The molecule has 0 atom stereocenters. The smallest absolute Gasteiger partial charge is 0.231 e. The molecule has 0 spiro atoms. The van der Waals surface area contributed by atoms with Crippen LogP contribution < -0.4 is 14.8 Å². The van der Waals surface area contributed by atoms with Crippen LogP contribution in [-0.4, -0.2) is 13.3 Å². The minimum Gasteiger partial charge on any atom is -0.454 e. The number of rotatable bonds is 3. The Labute approximate surface area is 108 Å². The van der Waals surface area contributed by atoms with E-state index in [9.17, 15) is 0 Å². The van der Waals surface area contributed by atoms with Gasteiger partial charge in [-0.3, -0.25) is 0 Å². The molecule has 3 nitrogen and oxygen atoms in total. The van der Waals surface area contributed by atoms with Gasteiger partial charge in [0.1, 0.15) is 0 Å². The van der Waals surface area contributed by atoms with Crippen molar-refractivity contribution in [1.82, 2.24) is 0 Å². The molecule has 0 radical (unpaired) electrons. The van der Waals surface area contributed by atoms with Crippen molar-refractivity contribution in [1.29, 1.82) is 0 Å². The zero-order valence-corrected chi connectivity index (χ0v) is 10.8. The molecule has 0 aromatic heterocycles. The average Bonchev–Trinajstić information content (AvgIpc) is 2.70. The van der Waals surface area contributed by atoms with Gasteiger partial charge in [-0.25, -0.2) is 0 Å². The Bertz CT molecular complexity index is 397. The standard InChI is InChI=1S/C15H21NO2/c1-2-4-6-12(5-3-1)10-16-13-7-8-14-15(9-13)18-11-17-14/h7-9,12,16H,1-6,10-11H2. The quantitative estimate of drug-likeness (QED) is 0.824. The molecule has 0 unspecified atom stereocenters. The highest BCUT2D eigenvalue weighted by atomic mass is 16.7. The molecule has 3 rings (SSSR count). The fraction of sp³-hybridized carbons (Fsp3) is 0.600. The molecule has 1 fully saturated rings. The molecule has 0 amide bonds. The van der Waals surface area contributed by atoms with Gasteiger partial charge in [0.05, 0.1) is 0 Å². The van der Waals surface area contributed by atoms with Crippen LogP contribution in [0.3, 0.4) is 0 Å². The van der Waals surface area contributed by atoms with Crippen molar-refractivity contribution in [2.75, 3.05) is 18.7 Å². The van der Waals surface area contributed by atoms with Gasteiger partial charge in [-0.15, -0.1) is 0 Å². The van der Waals surface area contributed by atoms with Gasteiger partial charge < -0.3 is 14.8 Å². The predicted octanol–water partition coefficient (Wildman–Crippen LogP) is 3.80. The van der Waals surface area contributed by atoms with Gasteiger partial charge >= 0.3 is 0 Å². The van der Waals surface area contributed by atoms with Crippen LogP contribution in [0.15, 0.2) is 18.2 Å². The van der Waals surface area contributed by atoms with Crippen LogP contribution in [0, 0.1) is 5.92 Å². The van der Waals surface area contributed by atoms with Gasteiger partial charge in [0.25, 0.3) is 0 Å². The molecule has 1 aromatic rings. The summed E-state index contributed by atoms with van der Waals surface area (Å²) in [6.07, 6.45) is 8.37. The van der Waals surface area contributed by atoms with E-state index in [0.29, 0.717) is 6.79 Å². The van der Waals surface area contributed by atoms with Crippen LogP contribution >= 0.6 is 0 Å². The minimum absolute atomic E-state index is 0.349. The third kappa shape index (κ3) is 2.71. The van der Waals surface area contributed by atoms with Gasteiger partial charge in [0.2, 0.25) is 6.79 Å². The second kappa shape index (κ2) is 5.51. The zero-order valence-electron chi connectivity index (χ0n) is 10.8. The normalized spacial score (nSPS) is 19.6. The molecule has 1 saturated carbocycles. The lowest BCUT2D eigenvalue weighted by molar-refractivity contribution is 0.174. The Kier molecular flexibility index (Phi) is 3.58. The van der Waals surface area contributed by atoms with E-state index in [-0.39, 0.29) is 0 Å². The fourth-order valence-corrected chi connectivity index (χ4v) is 2.84. The highest BCUT2D eigenvalue weighted by Crippen LogP contribution is 2.34. The van der Waals surface area contributed by atoms with E-state index in [1.165, 1.54) is 38.5 Å². The maximum Gasteiger partial charge on any atom is 0.231 e. The first kappa shape index (κ1) is 11.7. The van der Waals surface area contributed by atoms with Crippen LogP contribution in [0.5, 0.6) is 11.5 Å². The van der Waals surface area contributed by atoms with Crippen LogP contribution in [0.1, 0.15) is 38.5 Å². The summed E-state index contributed by atoms with van der Waals surface area (Å²) in [4.78, 5) is 0. The summed E-state index contributed by atoms with van der Waals surface area (Å²) in [6, 6.07) is 6.10. The Morgan fingerprint density at radius 2 is 1.78 bits per heavy atom. The Hall–Kier alpha value is -1.38. The average molecular weight is 247 g/mol. The fourth-order valence-electron chi connectivity index (χ4n) is 2.84. The molecule has 1 heterocycles. The maximum absolute atomic E-state index is 5.39. The summed E-state index contributed by atoms with van der Waals surface area (Å²) < 4.78 is 10.7. The molecule has 18 heavy (non-hydrogen) atoms. The summed E-state index contributed by atoms with van der Waals surface area (Å²) >= 11 is 0. The Balaban J connectivity index is 1.56. The van der Waals surface area contributed by atoms with E-state index >= 15 is 0 Å². The second-order valence-corrected chi connectivity index (χ2v) is 5.31. The van der Waals surface area contributed by atoms with E-state index in [1.54, 1.807) is 0 Å². The minimum atomic E-state index is 0.349. The topological polar surface area (TPSA) is 30.5 Å². The van der Waals surface area contributed by atoms with Crippen molar-refractivity contribution in [3.05, 3.63) is 18.2 Å². The molecule has 2 aliphatic rings. The Morgan fingerprint density at radius 3 is 2.61 bits per heavy atom. The molecule has 1 aliphatic carbocycles. The molecule has 0 saturated heterocycles. The monoisotopic (exact) mass is 247 g/mol. The van der Waals surface area contributed by atoms with E-state index in [0.717, 1.165) is 29.6 Å². The molecule has 0 bridgehead atoms. The predicted molar refractivity (Wildman–Crippen MR) is 72.2 cm³/mol. The van der Waals surface area contributed by atoms with Gasteiger partial charge in [-0.2, -0.15) is 0 Å². The van der Waals surface area contributed by atoms with Crippen molar-refractivity contribution < 1.29 is 9.47 Å². The molecule has 1 aliphatic heterocycles. The molecule has 1 aromatic carbocycles. The number of hydrogen-bond acceptors (Lipinski definition) is 3. The molecular weight excluding hydrogens is 226 g/mol. The second-order valence-electron chi connectivity index (χ2n) is 5.31. The van der Waals surface area contributed by atoms with Crippen LogP contribution in [0.4, 0.5) is 5.69 Å². The Morgan fingerprint density at radius 1 is 1.00 bits per heavy atom. The number of anilines is 1. The van der Waals surface area contributed by atoms with E-state index in [1.807, 2.05) is 12.1 Å². The molecule has 98 valence electrons. The summed E-state index contributed by atoms with van der Waals surface area (Å²) in [5, 5.41) is 3.54. The highest BCUT2D eigenvalue weighted by Gasteiger charge is 2.15. The number of nitrogens with one attached hydrogen (secondary N) is 1. The van der Waals surface area contributed by atoms with E-state index < -0.39 is 0 Å². The van der Waals surface area contributed by atoms with Gasteiger partial charge in [0, 0.05) is 18.3 Å². The first-order valence-corrected chi connectivity index (χ1v) is 7.05. The van der Waals surface area contributed by atoms with Crippen molar-refractivity contribution in [3.8, 4) is 11.5 Å². The van der Waals surface area contributed by atoms with Gasteiger partial charge in [-0.1, -0.05) is 25.7 Å². The van der Waals surface area contributed by atoms with Crippen LogP contribution in [-0.2, 0) is 0 Å². The van der Waals surface area contributed by atoms with Crippen molar-refractivity contribution in [3.63, 3.8) is 0 Å². The van der Waals surface area contributed by atoms with Crippen molar-refractivity contribution in [2.24, 2.45) is 5.92 Å². The van der Waals surface area contributed by atoms with E-state index in [2.05, 4.69) is 11.4 Å². The van der Waals surface area contributed by atoms with Crippen LogP contribution in [0.2, 0.25) is 0 Å². The maximum atomic E-state index is 5.39. The first-order chi connectivity index (χ1) is 8.92. The van der Waals surface area contributed by atoms with Gasteiger partial charge in [0.15, 0.2) is 11.5 Å². The lowest BCUT2D eigenvalue weighted by Crippen LogP contribution is -2.13. The lowest BCUT2D eigenvalue weighted by atomic mass is 10.0. The van der Waals surface area contributed by atoms with Crippen LogP contribution in [0.25, 0.3) is 0 Å². The van der Waals surface area contributed by atoms with Gasteiger partial charge in [-0.05, 0) is 30.9 Å². The highest BCUT2D eigenvalue weighted by molar-refractivity contribution is 5.55. The van der Waals surface area contributed by atoms with E-state index in [4.69, 9.17) is 9.47 Å². The number of hydrogen-bond donors (Lipinski definition) is 1. The third-order valence-corrected chi connectivity index (χ3v) is 3.94. The lowest BCUT2D eigenvalue weighted by Gasteiger charge is -2.15. The van der Waals surface area contributed by atoms with Crippen molar-refractivity contribution in [2.45, 2.75) is 38.5 Å². The number of ether oxygens (including phenoxy) is 2. The summed E-state index contributed by atoms with van der Waals surface area (Å²) in [5.74, 6) is 2.55. The largest absolute Gasteiger partial charge is 0.454 e.